The summed E-state index contributed by atoms with van der Waals surface area (Å²) in [6.07, 6.45) is 7.47. The van der Waals surface area contributed by atoms with E-state index in [0.29, 0.717) is 25.0 Å². The Hall–Kier alpha value is -2.42. The van der Waals surface area contributed by atoms with Crippen molar-refractivity contribution in [2.45, 2.75) is 56.3 Å². The lowest BCUT2D eigenvalue weighted by Crippen LogP contribution is -2.58. The van der Waals surface area contributed by atoms with Gasteiger partial charge in [0.15, 0.2) is 0 Å². The van der Waals surface area contributed by atoms with Crippen molar-refractivity contribution < 1.29 is 24.5 Å². The first-order valence-electron chi connectivity index (χ1n) is 10.4. The van der Waals surface area contributed by atoms with Crippen molar-refractivity contribution >= 4 is 18.0 Å². The smallest absolute Gasteiger partial charge is 0.410 e. The summed E-state index contributed by atoms with van der Waals surface area (Å²) < 4.78 is 5.95. The summed E-state index contributed by atoms with van der Waals surface area (Å²) in [7, 11) is 0. The van der Waals surface area contributed by atoms with E-state index in [9.17, 15) is 14.7 Å². The molecule has 4 unspecified atom stereocenters. The summed E-state index contributed by atoms with van der Waals surface area (Å²) in [6.45, 7) is 1.09. The molecule has 156 valence electrons. The number of rotatable bonds is 4. The van der Waals surface area contributed by atoms with Crippen molar-refractivity contribution in [3.8, 4) is 0 Å². The van der Waals surface area contributed by atoms with E-state index in [2.05, 4.69) is 15.3 Å². The number of nitrogens with zero attached hydrogens (tertiary/aromatic N) is 3. The van der Waals surface area contributed by atoms with E-state index in [0.717, 1.165) is 38.5 Å². The molecule has 4 saturated carbocycles. The van der Waals surface area contributed by atoms with Gasteiger partial charge in [-0.15, -0.1) is 0 Å². The molecule has 4 bridgehead atoms. The molecule has 1 saturated heterocycles. The number of carbonyl (C=O) groups excluding carboxylic acids is 1. The molecule has 6 atom stereocenters. The predicted octanol–water partition coefficient (Wildman–Crippen LogP) is 1.74. The Morgan fingerprint density at radius 2 is 1.86 bits per heavy atom. The number of carboxylic acid groups (broad SMARTS) is 1. The summed E-state index contributed by atoms with van der Waals surface area (Å²) in [5.41, 5.74) is -0.495. The van der Waals surface area contributed by atoms with Crippen LogP contribution < -0.4 is 5.32 Å². The minimum Gasteiger partial charge on any atom is -0.478 e. The predicted molar refractivity (Wildman–Crippen MR) is 101 cm³/mol. The zero-order chi connectivity index (χ0) is 20.2. The number of hydrogen-bond donors (Lipinski definition) is 3. The summed E-state index contributed by atoms with van der Waals surface area (Å²) in [4.78, 5) is 33.4. The van der Waals surface area contributed by atoms with Crippen molar-refractivity contribution in [2.75, 3.05) is 18.4 Å². The van der Waals surface area contributed by atoms with Crippen molar-refractivity contribution in [1.29, 1.82) is 0 Å². The van der Waals surface area contributed by atoms with E-state index >= 15 is 0 Å². The number of aromatic carboxylic acids is 1. The average molecular weight is 402 g/mol. The van der Waals surface area contributed by atoms with Gasteiger partial charge < -0.3 is 25.2 Å². The highest BCUT2D eigenvalue weighted by Gasteiger charge is 2.56. The number of nitrogens with one attached hydrogen (secondary N) is 1. The van der Waals surface area contributed by atoms with E-state index in [4.69, 9.17) is 9.84 Å². The van der Waals surface area contributed by atoms with Gasteiger partial charge in [0.1, 0.15) is 6.10 Å². The molecule has 1 aromatic heterocycles. The van der Waals surface area contributed by atoms with Gasteiger partial charge in [0.25, 0.3) is 0 Å². The van der Waals surface area contributed by atoms with Gasteiger partial charge in [0, 0.05) is 31.5 Å². The van der Waals surface area contributed by atoms with Crippen LogP contribution in [0, 0.1) is 17.8 Å². The molecule has 0 radical (unpaired) electrons. The summed E-state index contributed by atoms with van der Waals surface area (Å²) in [5.74, 6) is 0.439. The molecule has 1 aliphatic heterocycles. The van der Waals surface area contributed by atoms with Gasteiger partial charge in [-0.1, -0.05) is 0 Å². The summed E-state index contributed by atoms with van der Waals surface area (Å²) in [6, 6.07) is -0.00237. The molecule has 3 N–H and O–H groups in total. The van der Waals surface area contributed by atoms with Crippen LogP contribution in [-0.2, 0) is 4.74 Å². The molecular formula is C20H26N4O5. The molecule has 9 heteroatoms. The SMILES string of the molecule is O=C(O)c1cnc(N[C@@H]2CCN(C(=O)OC3C4CC5C[C@H]3CC(O)(C5)C4)C2)nc1. The Labute approximate surface area is 168 Å². The number of carbonyl (C=O) groups is 2. The minimum atomic E-state index is -1.07. The number of aromatic nitrogens is 2. The second kappa shape index (κ2) is 6.83. The van der Waals surface area contributed by atoms with E-state index in [1.807, 2.05) is 0 Å². The van der Waals surface area contributed by atoms with Gasteiger partial charge >= 0.3 is 12.1 Å². The number of likely N-dealkylation sites (tertiary alicyclic amines) is 1. The fourth-order valence-corrected chi connectivity index (χ4v) is 6.06. The molecule has 5 fully saturated rings. The van der Waals surface area contributed by atoms with Gasteiger partial charge in [-0.25, -0.2) is 19.6 Å². The zero-order valence-corrected chi connectivity index (χ0v) is 16.2. The lowest BCUT2D eigenvalue weighted by atomic mass is 9.53. The normalized spacial score (nSPS) is 37.6. The fourth-order valence-electron chi connectivity index (χ4n) is 6.06. The van der Waals surface area contributed by atoms with Gasteiger partial charge in [-0.05, 0) is 56.3 Å². The van der Waals surface area contributed by atoms with Crippen LogP contribution >= 0.6 is 0 Å². The van der Waals surface area contributed by atoms with Gasteiger partial charge in [-0.3, -0.25) is 0 Å². The number of anilines is 1. The second-order valence-corrected chi connectivity index (χ2v) is 9.22. The molecule has 2 heterocycles. The summed E-state index contributed by atoms with van der Waals surface area (Å²) >= 11 is 0. The standard InChI is InChI=1S/C20H26N4O5/c25-17(26)14-8-21-18(22-9-14)23-15-1-2-24(10-15)19(27)29-16-12-3-11-4-13(16)7-20(28,5-11)6-12/h8-9,11-13,15-16,28H,1-7,10H2,(H,25,26)(H,21,22,23)/t11?,12-,13?,15+,16?,20?/m0/s1. The van der Waals surface area contributed by atoms with E-state index in [1.54, 1.807) is 4.90 Å². The Bertz CT molecular complexity index is 800. The van der Waals surface area contributed by atoms with Gasteiger partial charge in [0.05, 0.1) is 11.2 Å². The molecule has 4 aliphatic carbocycles. The van der Waals surface area contributed by atoms with Crippen LogP contribution in [0.3, 0.4) is 0 Å². The molecule has 0 aromatic carbocycles. The van der Waals surface area contributed by atoms with Crippen molar-refractivity contribution in [2.24, 2.45) is 17.8 Å². The molecule has 6 rings (SSSR count). The average Bonchev–Trinajstić information content (AvgIpc) is 3.12. The number of amides is 1. The maximum atomic E-state index is 12.8. The Balaban J connectivity index is 1.16. The minimum absolute atomic E-state index is 0.00237. The number of hydrogen-bond acceptors (Lipinski definition) is 7. The highest BCUT2D eigenvalue weighted by Crippen LogP contribution is 2.56. The largest absolute Gasteiger partial charge is 0.478 e. The maximum Gasteiger partial charge on any atom is 0.410 e. The van der Waals surface area contributed by atoms with Crippen LogP contribution in [0.15, 0.2) is 12.4 Å². The van der Waals surface area contributed by atoms with Crippen LogP contribution in [0.25, 0.3) is 0 Å². The zero-order valence-electron chi connectivity index (χ0n) is 16.2. The molecule has 1 amide bonds. The number of carboxylic acids is 1. The first-order valence-corrected chi connectivity index (χ1v) is 10.4. The van der Waals surface area contributed by atoms with Crippen LogP contribution in [0.1, 0.15) is 48.9 Å². The van der Waals surface area contributed by atoms with Crippen molar-refractivity contribution in [3.05, 3.63) is 18.0 Å². The third kappa shape index (κ3) is 3.52. The number of ether oxygens (including phenoxy) is 1. The van der Waals surface area contributed by atoms with Crippen LogP contribution in [0.4, 0.5) is 10.7 Å². The number of aliphatic hydroxyl groups is 1. The van der Waals surface area contributed by atoms with Crippen LogP contribution in [0.2, 0.25) is 0 Å². The maximum absolute atomic E-state index is 12.8. The lowest BCUT2D eigenvalue weighted by molar-refractivity contribution is -0.177. The third-order valence-corrected chi connectivity index (χ3v) is 7.07. The Morgan fingerprint density at radius 1 is 1.17 bits per heavy atom. The van der Waals surface area contributed by atoms with E-state index in [1.165, 1.54) is 12.4 Å². The monoisotopic (exact) mass is 402 g/mol. The van der Waals surface area contributed by atoms with E-state index in [-0.39, 0.29) is 35.6 Å². The molecule has 29 heavy (non-hydrogen) atoms. The third-order valence-electron chi connectivity index (χ3n) is 7.07. The molecule has 0 spiro atoms. The molecular weight excluding hydrogens is 376 g/mol. The Kier molecular flexibility index (Phi) is 4.38. The highest BCUT2D eigenvalue weighted by molar-refractivity contribution is 5.86. The second-order valence-electron chi connectivity index (χ2n) is 9.22. The van der Waals surface area contributed by atoms with Gasteiger partial charge in [-0.2, -0.15) is 0 Å². The van der Waals surface area contributed by atoms with Crippen LogP contribution in [0.5, 0.6) is 0 Å². The van der Waals surface area contributed by atoms with Gasteiger partial charge in [0.2, 0.25) is 5.95 Å². The van der Waals surface area contributed by atoms with Crippen LogP contribution in [-0.4, -0.2) is 68.0 Å². The molecule has 1 aromatic rings. The van der Waals surface area contributed by atoms with Crippen molar-refractivity contribution in [3.63, 3.8) is 0 Å². The molecule has 9 nitrogen and oxygen atoms in total. The quantitative estimate of drug-likeness (QED) is 0.695. The lowest BCUT2D eigenvalue weighted by Gasteiger charge is -2.57. The van der Waals surface area contributed by atoms with Crippen molar-refractivity contribution in [1.82, 2.24) is 14.9 Å². The highest BCUT2D eigenvalue weighted by atomic mass is 16.6. The Morgan fingerprint density at radius 3 is 2.48 bits per heavy atom. The first kappa shape index (κ1) is 18.6. The topological polar surface area (TPSA) is 125 Å². The summed E-state index contributed by atoms with van der Waals surface area (Å²) in [5, 5.41) is 22.7. The fraction of sp³-hybridized carbons (Fsp3) is 0.700. The first-order chi connectivity index (χ1) is 13.9. The molecule has 5 aliphatic rings. The van der Waals surface area contributed by atoms with E-state index < -0.39 is 11.6 Å².